The van der Waals surface area contributed by atoms with E-state index in [1.807, 2.05) is 50.2 Å². The Hall–Kier alpha value is -2.93. The van der Waals surface area contributed by atoms with Crippen LogP contribution in [0.3, 0.4) is 0 Å². The van der Waals surface area contributed by atoms with Crippen LogP contribution in [0.2, 0.25) is 0 Å². The number of hydrogen-bond acceptors (Lipinski definition) is 5. The number of fused-ring (bicyclic) bond motifs is 1. The summed E-state index contributed by atoms with van der Waals surface area (Å²) in [5.41, 5.74) is 3.88. The summed E-state index contributed by atoms with van der Waals surface area (Å²) in [7, 11) is 1.61. The van der Waals surface area contributed by atoms with Crippen LogP contribution in [0.5, 0.6) is 5.75 Å². The molecule has 1 aromatic heterocycles. The number of carbonyl (C=O) groups excluding carboxylic acids is 2. The molecule has 7 heteroatoms. The van der Waals surface area contributed by atoms with Gasteiger partial charge in [0, 0.05) is 18.7 Å². The van der Waals surface area contributed by atoms with Gasteiger partial charge in [0.25, 0.3) is 0 Å². The highest BCUT2D eigenvalue weighted by molar-refractivity contribution is 7.22. The van der Waals surface area contributed by atoms with Gasteiger partial charge >= 0.3 is 0 Å². The molecule has 1 aliphatic rings. The first kappa shape index (κ1) is 18.4. The number of benzene rings is 2. The van der Waals surface area contributed by atoms with Gasteiger partial charge in [-0.3, -0.25) is 9.59 Å². The van der Waals surface area contributed by atoms with Gasteiger partial charge < -0.3 is 15.0 Å². The predicted molar refractivity (Wildman–Crippen MR) is 111 cm³/mol. The molecule has 1 saturated heterocycles. The first-order chi connectivity index (χ1) is 13.5. The molecule has 1 N–H and O–H groups in total. The van der Waals surface area contributed by atoms with Crippen LogP contribution >= 0.6 is 11.3 Å². The van der Waals surface area contributed by atoms with E-state index >= 15 is 0 Å². The van der Waals surface area contributed by atoms with Crippen LogP contribution in [0.4, 0.5) is 10.8 Å². The minimum atomic E-state index is -0.394. The number of nitrogens with one attached hydrogen (secondary N) is 1. The largest absolute Gasteiger partial charge is 0.497 e. The lowest BCUT2D eigenvalue weighted by Crippen LogP contribution is -2.28. The Bertz CT molecular complexity index is 1080. The summed E-state index contributed by atoms with van der Waals surface area (Å²) in [4.78, 5) is 31.4. The van der Waals surface area contributed by atoms with E-state index in [4.69, 9.17) is 4.74 Å². The molecular weight excluding hydrogens is 374 g/mol. The van der Waals surface area contributed by atoms with Crippen molar-refractivity contribution >= 4 is 44.2 Å². The SMILES string of the molecule is COc1ccc2nc(NC(=O)[C@@H]3CC(=O)N(c4cccc(C)c4C)C3)sc2c1. The van der Waals surface area contributed by atoms with Crippen LogP contribution in [-0.2, 0) is 9.59 Å². The maximum Gasteiger partial charge on any atom is 0.231 e. The minimum Gasteiger partial charge on any atom is -0.497 e. The zero-order chi connectivity index (χ0) is 19.8. The molecule has 0 radical (unpaired) electrons. The summed E-state index contributed by atoms with van der Waals surface area (Å²) in [6.45, 7) is 4.40. The zero-order valence-corrected chi connectivity index (χ0v) is 16.8. The van der Waals surface area contributed by atoms with Gasteiger partial charge in [0.2, 0.25) is 11.8 Å². The highest BCUT2D eigenvalue weighted by Gasteiger charge is 2.36. The number of aromatic nitrogens is 1. The third kappa shape index (κ3) is 3.33. The van der Waals surface area contributed by atoms with Gasteiger partial charge in [0.05, 0.1) is 23.2 Å². The zero-order valence-electron chi connectivity index (χ0n) is 16.0. The van der Waals surface area contributed by atoms with Crippen molar-refractivity contribution in [3.05, 3.63) is 47.5 Å². The third-order valence-corrected chi connectivity index (χ3v) is 6.12. The molecule has 1 aliphatic heterocycles. The summed E-state index contributed by atoms with van der Waals surface area (Å²) in [5.74, 6) is 0.156. The Morgan fingerprint density at radius 2 is 2.11 bits per heavy atom. The van der Waals surface area contributed by atoms with Crippen LogP contribution in [0.1, 0.15) is 17.5 Å². The van der Waals surface area contributed by atoms with Crippen LogP contribution in [0.15, 0.2) is 36.4 Å². The van der Waals surface area contributed by atoms with E-state index < -0.39 is 5.92 Å². The average Bonchev–Trinajstić information content (AvgIpc) is 3.26. The molecule has 2 aromatic carbocycles. The van der Waals surface area contributed by atoms with E-state index in [0.29, 0.717) is 11.7 Å². The molecule has 2 amide bonds. The Kier molecular flexibility index (Phi) is 4.77. The second-order valence-corrected chi connectivity index (χ2v) is 8.00. The van der Waals surface area contributed by atoms with Gasteiger partial charge in [-0.1, -0.05) is 23.5 Å². The second kappa shape index (κ2) is 7.24. The molecule has 1 atom stereocenters. The second-order valence-electron chi connectivity index (χ2n) is 6.97. The lowest BCUT2D eigenvalue weighted by atomic mass is 10.1. The summed E-state index contributed by atoms with van der Waals surface area (Å²) in [5, 5.41) is 3.41. The Labute approximate surface area is 167 Å². The summed E-state index contributed by atoms with van der Waals surface area (Å²) in [6.07, 6.45) is 0.206. The van der Waals surface area contributed by atoms with Crippen molar-refractivity contribution in [1.29, 1.82) is 0 Å². The molecule has 0 saturated carbocycles. The maximum atomic E-state index is 12.7. The molecule has 2 heterocycles. The third-order valence-electron chi connectivity index (χ3n) is 5.19. The smallest absolute Gasteiger partial charge is 0.231 e. The molecule has 144 valence electrons. The van der Waals surface area contributed by atoms with Crippen LogP contribution in [-0.4, -0.2) is 30.5 Å². The Morgan fingerprint density at radius 3 is 2.89 bits per heavy atom. The van der Waals surface area contributed by atoms with Crippen LogP contribution in [0, 0.1) is 19.8 Å². The molecule has 4 rings (SSSR count). The topological polar surface area (TPSA) is 71.5 Å². The number of carbonyl (C=O) groups is 2. The van der Waals surface area contributed by atoms with E-state index in [2.05, 4.69) is 10.3 Å². The molecule has 0 unspecified atom stereocenters. The van der Waals surface area contributed by atoms with Gasteiger partial charge in [0.1, 0.15) is 5.75 Å². The number of anilines is 2. The molecule has 1 fully saturated rings. The Balaban J connectivity index is 1.50. The van der Waals surface area contributed by atoms with E-state index in [0.717, 1.165) is 32.8 Å². The lowest BCUT2D eigenvalue weighted by molar-refractivity contribution is -0.122. The van der Waals surface area contributed by atoms with E-state index in [1.165, 1.54) is 11.3 Å². The first-order valence-corrected chi connectivity index (χ1v) is 9.90. The summed E-state index contributed by atoms with van der Waals surface area (Å²) in [6, 6.07) is 11.5. The Morgan fingerprint density at radius 1 is 1.29 bits per heavy atom. The summed E-state index contributed by atoms with van der Waals surface area (Å²) < 4.78 is 6.17. The molecule has 0 aliphatic carbocycles. The predicted octanol–water partition coefficient (Wildman–Crippen LogP) is 3.91. The molecule has 3 aromatic rings. The van der Waals surface area contributed by atoms with Crippen molar-refractivity contribution in [2.45, 2.75) is 20.3 Å². The van der Waals surface area contributed by atoms with Crippen molar-refractivity contribution in [3.8, 4) is 5.75 Å². The fourth-order valence-corrected chi connectivity index (χ4v) is 4.33. The standard InChI is InChI=1S/C21H21N3O3S/c1-12-5-4-6-17(13(12)2)24-11-14(9-19(24)25)20(26)23-21-22-16-8-7-15(27-3)10-18(16)28-21/h4-8,10,14H,9,11H2,1-3H3,(H,22,23,26)/t14-/m1/s1. The normalized spacial score (nSPS) is 16.6. The van der Waals surface area contributed by atoms with Gasteiger partial charge in [0.15, 0.2) is 5.13 Å². The minimum absolute atomic E-state index is 0.0251. The molecule has 6 nitrogen and oxygen atoms in total. The highest BCUT2D eigenvalue weighted by Crippen LogP contribution is 2.32. The average molecular weight is 395 g/mol. The number of aryl methyl sites for hydroxylation is 1. The number of rotatable bonds is 4. The van der Waals surface area contributed by atoms with Gasteiger partial charge in [-0.25, -0.2) is 4.98 Å². The fourth-order valence-electron chi connectivity index (χ4n) is 3.44. The number of nitrogens with zero attached hydrogens (tertiary/aromatic N) is 2. The summed E-state index contributed by atoms with van der Waals surface area (Å²) >= 11 is 1.39. The van der Waals surface area contributed by atoms with Crippen molar-refractivity contribution < 1.29 is 14.3 Å². The van der Waals surface area contributed by atoms with Crippen molar-refractivity contribution in [1.82, 2.24) is 4.98 Å². The molecular formula is C21H21N3O3S. The number of thiazole rings is 1. The van der Waals surface area contributed by atoms with Crippen molar-refractivity contribution in [2.24, 2.45) is 5.92 Å². The molecule has 28 heavy (non-hydrogen) atoms. The highest BCUT2D eigenvalue weighted by atomic mass is 32.1. The number of amides is 2. The maximum absolute atomic E-state index is 12.7. The van der Waals surface area contributed by atoms with Gasteiger partial charge in [-0.05, 0) is 49.2 Å². The van der Waals surface area contributed by atoms with E-state index in [9.17, 15) is 9.59 Å². The van der Waals surface area contributed by atoms with E-state index in [-0.39, 0.29) is 18.2 Å². The molecule has 0 bridgehead atoms. The van der Waals surface area contributed by atoms with E-state index in [1.54, 1.807) is 12.0 Å². The first-order valence-electron chi connectivity index (χ1n) is 9.08. The fraction of sp³-hybridized carbons (Fsp3) is 0.286. The van der Waals surface area contributed by atoms with Crippen molar-refractivity contribution in [2.75, 3.05) is 23.9 Å². The van der Waals surface area contributed by atoms with Gasteiger partial charge in [-0.15, -0.1) is 0 Å². The lowest BCUT2D eigenvalue weighted by Gasteiger charge is -2.20. The monoisotopic (exact) mass is 395 g/mol. The molecule has 0 spiro atoms. The van der Waals surface area contributed by atoms with Crippen LogP contribution in [0.25, 0.3) is 10.2 Å². The number of ether oxygens (including phenoxy) is 1. The van der Waals surface area contributed by atoms with Crippen molar-refractivity contribution in [3.63, 3.8) is 0 Å². The quantitative estimate of drug-likeness (QED) is 0.727. The number of methoxy groups -OCH3 is 1. The number of hydrogen-bond donors (Lipinski definition) is 1. The van der Waals surface area contributed by atoms with Crippen LogP contribution < -0.4 is 15.0 Å². The van der Waals surface area contributed by atoms with Gasteiger partial charge in [-0.2, -0.15) is 0 Å².